The van der Waals surface area contributed by atoms with Crippen molar-refractivity contribution in [2.45, 2.75) is 26.7 Å². The van der Waals surface area contributed by atoms with Gasteiger partial charge in [-0.05, 0) is 52.2 Å². The zero-order chi connectivity index (χ0) is 12.0. The second-order valence-corrected chi connectivity index (χ2v) is 5.29. The quantitative estimate of drug-likeness (QED) is 0.635. The van der Waals surface area contributed by atoms with Crippen molar-refractivity contribution < 1.29 is 4.79 Å². The third-order valence-corrected chi connectivity index (χ3v) is 3.30. The number of piperidine rings is 1. The van der Waals surface area contributed by atoms with Crippen LogP contribution in [-0.2, 0) is 4.79 Å². The fourth-order valence-corrected chi connectivity index (χ4v) is 2.09. The second kappa shape index (κ2) is 6.21. The first-order valence-electron chi connectivity index (χ1n) is 6.20. The molecule has 0 aromatic heterocycles. The highest BCUT2D eigenvalue weighted by atomic mass is 16.2. The zero-order valence-corrected chi connectivity index (χ0v) is 10.7. The van der Waals surface area contributed by atoms with E-state index < -0.39 is 0 Å². The minimum absolute atomic E-state index is 0.102. The highest BCUT2D eigenvalue weighted by molar-refractivity contribution is 5.81. The van der Waals surface area contributed by atoms with Crippen molar-refractivity contribution >= 4 is 5.91 Å². The van der Waals surface area contributed by atoms with Crippen molar-refractivity contribution in [3.63, 3.8) is 0 Å². The Morgan fingerprint density at radius 1 is 1.38 bits per heavy atom. The van der Waals surface area contributed by atoms with Crippen LogP contribution in [0.3, 0.4) is 0 Å². The van der Waals surface area contributed by atoms with E-state index in [0.717, 1.165) is 32.1 Å². The molecule has 0 aromatic carbocycles. The van der Waals surface area contributed by atoms with Crippen LogP contribution in [0, 0.1) is 11.3 Å². The summed E-state index contributed by atoms with van der Waals surface area (Å²) in [5.41, 5.74) is -0.318. The van der Waals surface area contributed by atoms with Crippen LogP contribution in [0.5, 0.6) is 0 Å². The van der Waals surface area contributed by atoms with Crippen LogP contribution in [0.15, 0.2) is 0 Å². The van der Waals surface area contributed by atoms with Crippen molar-refractivity contribution in [1.82, 2.24) is 16.0 Å². The molecule has 0 saturated carbocycles. The van der Waals surface area contributed by atoms with Gasteiger partial charge in [0.25, 0.3) is 0 Å². The maximum absolute atomic E-state index is 11.6. The summed E-state index contributed by atoms with van der Waals surface area (Å²) < 4.78 is 0. The molecule has 3 N–H and O–H groups in total. The molecule has 0 bridgehead atoms. The van der Waals surface area contributed by atoms with Gasteiger partial charge >= 0.3 is 0 Å². The van der Waals surface area contributed by atoms with E-state index in [1.165, 1.54) is 12.8 Å². The van der Waals surface area contributed by atoms with Crippen LogP contribution < -0.4 is 16.0 Å². The summed E-state index contributed by atoms with van der Waals surface area (Å²) in [5.74, 6) is 0.868. The van der Waals surface area contributed by atoms with E-state index in [9.17, 15) is 4.79 Å². The predicted octanol–water partition coefficient (Wildman–Crippen LogP) is 0.348. The van der Waals surface area contributed by atoms with Crippen LogP contribution in [-0.4, -0.2) is 39.1 Å². The molecule has 1 fully saturated rings. The number of nitrogens with one attached hydrogen (secondary N) is 3. The normalized spacial score (nSPS) is 18.4. The zero-order valence-electron chi connectivity index (χ0n) is 10.7. The molecule has 0 aliphatic carbocycles. The molecule has 4 heteroatoms. The molecule has 1 rings (SSSR count). The Hall–Kier alpha value is -0.610. The van der Waals surface area contributed by atoms with Gasteiger partial charge in [-0.2, -0.15) is 0 Å². The summed E-state index contributed by atoms with van der Waals surface area (Å²) in [7, 11) is 1.69. The van der Waals surface area contributed by atoms with Gasteiger partial charge in [-0.1, -0.05) is 0 Å². The number of amides is 1. The standard InChI is InChI=1S/C12H25N3O/c1-12(2,11(16)13-3)9-15-8-10-4-6-14-7-5-10/h10,14-15H,4-9H2,1-3H3,(H,13,16). The Labute approximate surface area is 98.6 Å². The Bertz CT molecular complexity index is 222. The first kappa shape index (κ1) is 13.5. The molecule has 16 heavy (non-hydrogen) atoms. The van der Waals surface area contributed by atoms with E-state index in [2.05, 4.69) is 16.0 Å². The lowest BCUT2D eigenvalue weighted by atomic mass is 9.91. The largest absolute Gasteiger partial charge is 0.359 e. The van der Waals surface area contributed by atoms with Crippen molar-refractivity contribution in [1.29, 1.82) is 0 Å². The molecule has 0 spiro atoms. The average Bonchev–Trinajstić information content (AvgIpc) is 2.29. The first-order chi connectivity index (χ1) is 7.56. The van der Waals surface area contributed by atoms with Gasteiger partial charge in [-0.15, -0.1) is 0 Å². The van der Waals surface area contributed by atoms with Gasteiger partial charge in [0.2, 0.25) is 5.91 Å². The fourth-order valence-electron chi connectivity index (χ4n) is 2.09. The third-order valence-electron chi connectivity index (χ3n) is 3.30. The Morgan fingerprint density at radius 2 is 2.00 bits per heavy atom. The van der Waals surface area contributed by atoms with Gasteiger partial charge in [0.1, 0.15) is 0 Å². The van der Waals surface area contributed by atoms with Crippen molar-refractivity contribution in [2.24, 2.45) is 11.3 Å². The van der Waals surface area contributed by atoms with E-state index in [4.69, 9.17) is 0 Å². The smallest absolute Gasteiger partial charge is 0.226 e. The summed E-state index contributed by atoms with van der Waals surface area (Å²) in [4.78, 5) is 11.6. The molecule has 1 aliphatic heterocycles. The molecule has 1 heterocycles. The highest BCUT2D eigenvalue weighted by Gasteiger charge is 2.26. The van der Waals surface area contributed by atoms with Gasteiger partial charge in [0.05, 0.1) is 5.41 Å². The molecule has 0 atom stereocenters. The Morgan fingerprint density at radius 3 is 2.56 bits per heavy atom. The van der Waals surface area contributed by atoms with Crippen molar-refractivity contribution in [2.75, 3.05) is 33.2 Å². The highest BCUT2D eigenvalue weighted by Crippen LogP contribution is 2.14. The van der Waals surface area contributed by atoms with E-state index in [0.29, 0.717) is 0 Å². The van der Waals surface area contributed by atoms with Crippen LogP contribution in [0.4, 0.5) is 0 Å². The van der Waals surface area contributed by atoms with Crippen LogP contribution in [0.25, 0.3) is 0 Å². The van der Waals surface area contributed by atoms with Crippen LogP contribution >= 0.6 is 0 Å². The minimum atomic E-state index is -0.318. The average molecular weight is 227 g/mol. The molecule has 0 aromatic rings. The molecule has 4 nitrogen and oxygen atoms in total. The van der Waals surface area contributed by atoms with E-state index in [1.54, 1.807) is 7.05 Å². The molecule has 94 valence electrons. The lowest BCUT2D eigenvalue weighted by Gasteiger charge is -2.26. The fraction of sp³-hybridized carbons (Fsp3) is 0.917. The summed E-state index contributed by atoms with van der Waals surface area (Å²) in [5, 5.41) is 9.48. The number of carbonyl (C=O) groups is 1. The molecular weight excluding hydrogens is 202 g/mol. The Balaban J connectivity index is 2.20. The first-order valence-corrected chi connectivity index (χ1v) is 6.20. The summed E-state index contributed by atoms with van der Waals surface area (Å²) in [6.07, 6.45) is 2.49. The topological polar surface area (TPSA) is 53.2 Å². The molecule has 1 aliphatic rings. The maximum atomic E-state index is 11.6. The number of rotatable bonds is 5. The monoisotopic (exact) mass is 227 g/mol. The lowest BCUT2D eigenvalue weighted by molar-refractivity contribution is -0.128. The van der Waals surface area contributed by atoms with Gasteiger partial charge in [-0.25, -0.2) is 0 Å². The third kappa shape index (κ3) is 4.10. The molecule has 1 amide bonds. The molecule has 1 saturated heterocycles. The van der Waals surface area contributed by atoms with Crippen molar-refractivity contribution in [3.05, 3.63) is 0 Å². The molecule has 0 unspecified atom stereocenters. The lowest BCUT2D eigenvalue weighted by Crippen LogP contribution is -2.44. The maximum Gasteiger partial charge on any atom is 0.226 e. The van der Waals surface area contributed by atoms with E-state index >= 15 is 0 Å². The number of hydrogen-bond donors (Lipinski definition) is 3. The molecular formula is C12H25N3O. The van der Waals surface area contributed by atoms with Gasteiger partial charge in [0.15, 0.2) is 0 Å². The van der Waals surface area contributed by atoms with Gasteiger partial charge in [-0.3, -0.25) is 4.79 Å². The summed E-state index contributed by atoms with van der Waals surface area (Å²) in [6.45, 7) is 7.98. The Kier molecular flexibility index (Phi) is 5.22. The van der Waals surface area contributed by atoms with Gasteiger partial charge < -0.3 is 16.0 Å². The van der Waals surface area contributed by atoms with Crippen LogP contribution in [0.2, 0.25) is 0 Å². The number of hydrogen-bond acceptors (Lipinski definition) is 3. The van der Waals surface area contributed by atoms with E-state index in [1.807, 2.05) is 13.8 Å². The predicted molar refractivity (Wildman–Crippen MR) is 66.3 cm³/mol. The SMILES string of the molecule is CNC(=O)C(C)(C)CNCC1CCNCC1. The summed E-state index contributed by atoms with van der Waals surface area (Å²) >= 11 is 0. The van der Waals surface area contributed by atoms with Crippen LogP contribution in [0.1, 0.15) is 26.7 Å². The number of carbonyl (C=O) groups excluding carboxylic acids is 1. The van der Waals surface area contributed by atoms with Crippen molar-refractivity contribution in [3.8, 4) is 0 Å². The van der Waals surface area contributed by atoms with Gasteiger partial charge in [0, 0.05) is 13.6 Å². The summed E-state index contributed by atoms with van der Waals surface area (Å²) in [6, 6.07) is 0. The molecule has 0 radical (unpaired) electrons. The van der Waals surface area contributed by atoms with E-state index in [-0.39, 0.29) is 11.3 Å². The minimum Gasteiger partial charge on any atom is -0.359 e. The second-order valence-electron chi connectivity index (χ2n) is 5.29.